The summed E-state index contributed by atoms with van der Waals surface area (Å²) in [5.41, 5.74) is -1.30. The summed E-state index contributed by atoms with van der Waals surface area (Å²) in [7, 11) is 0. The normalized spacial score (nSPS) is 10.6. The Bertz CT molecular complexity index is 496. The van der Waals surface area contributed by atoms with E-state index in [1.54, 1.807) is 13.8 Å². The summed E-state index contributed by atoms with van der Waals surface area (Å²) < 4.78 is 27.5. The zero-order valence-corrected chi connectivity index (χ0v) is 10.3. The summed E-state index contributed by atoms with van der Waals surface area (Å²) in [4.78, 5) is 21.2. The van der Waals surface area contributed by atoms with Crippen molar-refractivity contribution < 1.29 is 23.6 Å². The second-order valence-electron chi connectivity index (χ2n) is 4.13. The number of benzene rings is 1. The average Bonchev–Trinajstić information content (AvgIpc) is 2.25. The lowest BCUT2D eigenvalue weighted by Gasteiger charge is -2.27. The number of aliphatic carboxylic acids is 1. The molecule has 0 heterocycles. The Labute approximate surface area is 107 Å². The number of halogens is 2. The number of nitro benzene ring substituents is 1. The van der Waals surface area contributed by atoms with Crippen molar-refractivity contribution in [2.24, 2.45) is 0 Å². The molecule has 1 N–H and O–H groups in total. The highest BCUT2D eigenvalue weighted by molar-refractivity contribution is 5.74. The Balaban J connectivity index is 3.31. The highest BCUT2D eigenvalue weighted by Crippen LogP contribution is 2.29. The molecule has 0 fully saturated rings. The fraction of sp³-hybridized carbons (Fsp3) is 0.364. The van der Waals surface area contributed by atoms with Gasteiger partial charge in [0.15, 0.2) is 11.6 Å². The van der Waals surface area contributed by atoms with Gasteiger partial charge in [-0.2, -0.15) is 0 Å². The van der Waals surface area contributed by atoms with Gasteiger partial charge >= 0.3 is 5.97 Å². The molecule has 1 aromatic rings. The Morgan fingerprint density at radius 3 is 2.21 bits per heavy atom. The number of carboxylic acid groups (broad SMARTS) is 1. The zero-order valence-electron chi connectivity index (χ0n) is 10.3. The molecule has 6 nitrogen and oxygen atoms in total. The Morgan fingerprint density at radius 2 is 1.89 bits per heavy atom. The van der Waals surface area contributed by atoms with Crippen LogP contribution in [0.3, 0.4) is 0 Å². The molecule has 0 aromatic heterocycles. The molecule has 0 saturated heterocycles. The number of nitrogens with zero attached hydrogens (tertiary/aromatic N) is 2. The summed E-state index contributed by atoms with van der Waals surface area (Å²) in [6.07, 6.45) is 0. The van der Waals surface area contributed by atoms with E-state index in [2.05, 4.69) is 0 Å². The topological polar surface area (TPSA) is 83.7 Å². The minimum absolute atomic E-state index is 0.485. The molecule has 0 unspecified atom stereocenters. The van der Waals surface area contributed by atoms with Crippen LogP contribution in [0.15, 0.2) is 12.1 Å². The first-order valence-electron chi connectivity index (χ1n) is 5.36. The summed E-state index contributed by atoms with van der Waals surface area (Å²) in [6, 6.07) is 0.646. The standard InChI is InChI=1S/C11H12F2N2O4/c1-6(2)14(5-10(16)17)11-8(12)3-7(15(18)19)4-9(11)13/h3-4,6H,5H2,1-2H3,(H,16,17). The van der Waals surface area contributed by atoms with E-state index in [1.165, 1.54) is 0 Å². The largest absolute Gasteiger partial charge is 0.480 e. The molecule has 0 radical (unpaired) electrons. The summed E-state index contributed by atoms with van der Waals surface area (Å²) >= 11 is 0. The smallest absolute Gasteiger partial charge is 0.323 e. The SMILES string of the molecule is CC(C)N(CC(=O)O)c1c(F)cc([N+](=O)[O-])cc1F. The van der Waals surface area contributed by atoms with Gasteiger partial charge in [-0.25, -0.2) is 8.78 Å². The van der Waals surface area contributed by atoms with Gasteiger partial charge in [0.05, 0.1) is 17.1 Å². The van der Waals surface area contributed by atoms with Crippen LogP contribution in [0.25, 0.3) is 0 Å². The van der Waals surface area contributed by atoms with Crippen LogP contribution in [0.2, 0.25) is 0 Å². The van der Waals surface area contributed by atoms with Crippen LogP contribution in [-0.4, -0.2) is 28.6 Å². The predicted molar refractivity (Wildman–Crippen MR) is 63.1 cm³/mol. The third kappa shape index (κ3) is 3.36. The molecule has 1 rings (SSSR count). The summed E-state index contributed by atoms with van der Waals surface area (Å²) in [5.74, 6) is -3.59. The number of hydrogen-bond acceptors (Lipinski definition) is 4. The van der Waals surface area contributed by atoms with E-state index in [0.29, 0.717) is 12.1 Å². The van der Waals surface area contributed by atoms with E-state index < -0.39 is 46.5 Å². The van der Waals surface area contributed by atoms with Crippen LogP contribution >= 0.6 is 0 Å². The molecule has 0 atom stereocenters. The molecule has 0 spiro atoms. The molecule has 0 saturated carbocycles. The van der Waals surface area contributed by atoms with E-state index >= 15 is 0 Å². The molecule has 0 aliphatic carbocycles. The molecule has 0 aliphatic heterocycles. The lowest BCUT2D eigenvalue weighted by Crippen LogP contribution is -2.37. The zero-order chi connectivity index (χ0) is 14.7. The van der Waals surface area contributed by atoms with Crippen LogP contribution in [-0.2, 0) is 4.79 Å². The maximum absolute atomic E-state index is 13.8. The lowest BCUT2D eigenvalue weighted by molar-refractivity contribution is -0.385. The minimum atomic E-state index is -1.26. The van der Waals surface area contributed by atoms with E-state index in [-0.39, 0.29) is 0 Å². The number of non-ortho nitro benzene ring substituents is 1. The summed E-state index contributed by atoms with van der Waals surface area (Å²) in [5, 5.41) is 19.2. The van der Waals surface area contributed by atoms with Crippen LogP contribution < -0.4 is 4.90 Å². The van der Waals surface area contributed by atoms with Crippen molar-refractivity contribution in [2.45, 2.75) is 19.9 Å². The molecule has 1 aromatic carbocycles. The van der Waals surface area contributed by atoms with Gasteiger partial charge in [-0.1, -0.05) is 0 Å². The van der Waals surface area contributed by atoms with E-state index in [9.17, 15) is 23.7 Å². The van der Waals surface area contributed by atoms with Crippen molar-refractivity contribution in [3.8, 4) is 0 Å². The number of hydrogen-bond donors (Lipinski definition) is 1. The Kier molecular flexibility index (Phi) is 4.36. The Morgan fingerprint density at radius 1 is 1.42 bits per heavy atom. The molecule has 19 heavy (non-hydrogen) atoms. The average molecular weight is 274 g/mol. The third-order valence-corrected chi connectivity index (χ3v) is 2.43. The van der Waals surface area contributed by atoms with E-state index in [4.69, 9.17) is 5.11 Å². The molecule has 0 bridgehead atoms. The van der Waals surface area contributed by atoms with Gasteiger partial charge in [0, 0.05) is 6.04 Å². The summed E-state index contributed by atoms with van der Waals surface area (Å²) in [6.45, 7) is 2.51. The van der Waals surface area contributed by atoms with E-state index in [1.807, 2.05) is 0 Å². The van der Waals surface area contributed by atoms with Crippen LogP contribution in [0.5, 0.6) is 0 Å². The Hall–Kier alpha value is -2.25. The number of anilines is 1. The number of rotatable bonds is 5. The van der Waals surface area contributed by atoms with E-state index in [0.717, 1.165) is 4.90 Å². The van der Waals surface area contributed by atoms with Gasteiger partial charge in [-0.05, 0) is 13.8 Å². The first kappa shape index (κ1) is 14.8. The fourth-order valence-electron chi connectivity index (χ4n) is 1.60. The number of carbonyl (C=O) groups is 1. The van der Waals surface area contributed by atoms with Gasteiger partial charge < -0.3 is 10.0 Å². The maximum atomic E-state index is 13.8. The lowest BCUT2D eigenvalue weighted by atomic mass is 10.2. The molecule has 0 aliphatic rings. The van der Waals surface area contributed by atoms with Crippen molar-refractivity contribution in [1.82, 2.24) is 0 Å². The van der Waals surface area contributed by atoms with Gasteiger partial charge in [0.2, 0.25) is 0 Å². The van der Waals surface area contributed by atoms with Crippen LogP contribution in [0, 0.1) is 21.7 Å². The van der Waals surface area contributed by atoms with Gasteiger partial charge in [-0.3, -0.25) is 14.9 Å². The van der Waals surface area contributed by atoms with Crippen molar-refractivity contribution in [3.63, 3.8) is 0 Å². The van der Waals surface area contributed by atoms with Gasteiger partial charge in [0.1, 0.15) is 12.2 Å². The quantitative estimate of drug-likeness (QED) is 0.657. The molecule has 0 amide bonds. The second-order valence-corrected chi connectivity index (χ2v) is 4.13. The maximum Gasteiger partial charge on any atom is 0.323 e. The van der Waals surface area contributed by atoms with Crippen molar-refractivity contribution in [3.05, 3.63) is 33.9 Å². The van der Waals surface area contributed by atoms with Crippen molar-refractivity contribution >= 4 is 17.3 Å². The fourth-order valence-corrected chi connectivity index (χ4v) is 1.60. The van der Waals surface area contributed by atoms with Crippen LogP contribution in [0.4, 0.5) is 20.2 Å². The third-order valence-electron chi connectivity index (χ3n) is 2.43. The minimum Gasteiger partial charge on any atom is -0.480 e. The molecule has 8 heteroatoms. The van der Waals surface area contributed by atoms with Gasteiger partial charge in [-0.15, -0.1) is 0 Å². The van der Waals surface area contributed by atoms with Gasteiger partial charge in [0.25, 0.3) is 5.69 Å². The monoisotopic (exact) mass is 274 g/mol. The molecular weight excluding hydrogens is 262 g/mol. The molecular formula is C11H12F2N2O4. The predicted octanol–water partition coefficient (Wildman–Crippen LogP) is 2.17. The van der Waals surface area contributed by atoms with Crippen molar-refractivity contribution in [1.29, 1.82) is 0 Å². The molecule has 104 valence electrons. The number of nitro groups is 1. The number of carboxylic acids is 1. The van der Waals surface area contributed by atoms with Crippen molar-refractivity contribution in [2.75, 3.05) is 11.4 Å². The highest BCUT2D eigenvalue weighted by atomic mass is 19.1. The second kappa shape index (κ2) is 5.59. The first-order chi connectivity index (χ1) is 8.73. The first-order valence-corrected chi connectivity index (χ1v) is 5.36. The highest BCUT2D eigenvalue weighted by Gasteiger charge is 2.24. The van der Waals surface area contributed by atoms with Crippen LogP contribution in [0.1, 0.15) is 13.8 Å².